The molecule has 4 aromatic rings. The zero-order valence-electron chi connectivity index (χ0n) is 21.6. The van der Waals surface area contributed by atoms with Crippen LogP contribution in [-0.2, 0) is 0 Å². The smallest absolute Gasteiger partial charge is 0.167 e. The van der Waals surface area contributed by atoms with Gasteiger partial charge in [-0.05, 0) is 53.8 Å². The van der Waals surface area contributed by atoms with Crippen LogP contribution in [0.3, 0.4) is 0 Å². The van der Waals surface area contributed by atoms with E-state index in [0.29, 0.717) is 41.4 Å². The van der Waals surface area contributed by atoms with E-state index in [-0.39, 0.29) is 16.9 Å². The summed E-state index contributed by atoms with van der Waals surface area (Å²) >= 11 is 0. The minimum Gasteiger partial charge on any atom is -0.494 e. The van der Waals surface area contributed by atoms with E-state index in [1.807, 2.05) is 19.1 Å². The van der Waals surface area contributed by atoms with E-state index in [1.54, 1.807) is 66.7 Å². The highest BCUT2D eigenvalue weighted by molar-refractivity contribution is 5.74. The minimum atomic E-state index is -0.912. The van der Waals surface area contributed by atoms with Crippen LogP contribution in [-0.4, -0.2) is 13.2 Å². The second-order valence-corrected chi connectivity index (χ2v) is 9.00. The molecule has 0 fully saturated rings. The molecular formula is C33H31F3O2. The van der Waals surface area contributed by atoms with Gasteiger partial charge in [-0.2, -0.15) is 0 Å². The van der Waals surface area contributed by atoms with Gasteiger partial charge in [0, 0.05) is 22.8 Å². The Hall–Kier alpha value is -3.99. The Morgan fingerprint density at radius 2 is 1.24 bits per heavy atom. The van der Waals surface area contributed by atoms with Gasteiger partial charge in [0.05, 0.1) is 13.2 Å². The van der Waals surface area contributed by atoms with Crippen LogP contribution in [0, 0.1) is 17.5 Å². The van der Waals surface area contributed by atoms with Gasteiger partial charge < -0.3 is 9.47 Å². The fourth-order valence-corrected chi connectivity index (χ4v) is 3.98. The maximum Gasteiger partial charge on any atom is 0.167 e. The predicted molar refractivity (Wildman–Crippen MR) is 149 cm³/mol. The Labute approximate surface area is 222 Å². The molecule has 2 nitrogen and oxygen atoms in total. The monoisotopic (exact) mass is 516 g/mol. The van der Waals surface area contributed by atoms with Crippen LogP contribution in [0.1, 0.15) is 44.2 Å². The number of hydrogen-bond donors (Lipinski definition) is 0. The van der Waals surface area contributed by atoms with E-state index < -0.39 is 11.6 Å². The maximum atomic E-state index is 14.9. The lowest BCUT2D eigenvalue weighted by molar-refractivity contribution is 0.308. The summed E-state index contributed by atoms with van der Waals surface area (Å²) < 4.78 is 55.5. The Bertz CT molecular complexity index is 1380. The SMILES string of the molecule is CCCCOc1ccc(-c2ccc(/C=C/c3ccc(-c4ccc(OCCC)cc4)c(F)c3F)cc2)c(F)c1. The molecule has 0 aliphatic rings. The molecule has 0 N–H and O–H groups in total. The molecule has 4 aromatic carbocycles. The average molecular weight is 517 g/mol. The van der Waals surface area contributed by atoms with E-state index in [0.717, 1.165) is 24.8 Å². The summed E-state index contributed by atoms with van der Waals surface area (Å²) in [6, 6.07) is 22.1. The molecule has 38 heavy (non-hydrogen) atoms. The first-order valence-electron chi connectivity index (χ1n) is 12.9. The van der Waals surface area contributed by atoms with Gasteiger partial charge in [-0.15, -0.1) is 0 Å². The van der Waals surface area contributed by atoms with E-state index in [2.05, 4.69) is 6.92 Å². The summed E-state index contributed by atoms with van der Waals surface area (Å²) in [5.41, 5.74) is 2.87. The van der Waals surface area contributed by atoms with Gasteiger partial charge in [-0.1, -0.05) is 81.0 Å². The number of ether oxygens (including phenoxy) is 2. The van der Waals surface area contributed by atoms with Gasteiger partial charge in [0.2, 0.25) is 0 Å². The third kappa shape index (κ3) is 6.65. The van der Waals surface area contributed by atoms with Crippen molar-refractivity contribution in [1.82, 2.24) is 0 Å². The van der Waals surface area contributed by atoms with Crippen LogP contribution >= 0.6 is 0 Å². The van der Waals surface area contributed by atoms with Crippen molar-refractivity contribution in [3.8, 4) is 33.8 Å². The van der Waals surface area contributed by atoms with Crippen LogP contribution in [0.5, 0.6) is 11.5 Å². The number of benzene rings is 4. The number of halogens is 3. The molecule has 0 aromatic heterocycles. The molecule has 0 aliphatic carbocycles. The fraction of sp³-hybridized carbons (Fsp3) is 0.212. The summed E-state index contributed by atoms with van der Waals surface area (Å²) in [7, 11) is 0. The number of unbranched alkanes of at least 4 members (excludes halogenated alkanes) is 1. The van der Waals surface area contributed by atoms with Gasteiger partial charge >= 0.3 is 0 Å². The highest BCUT2D eigenvalue weighted by Gasteiger charge is 2.14. The summed E-state index contributed by atoms with van der Waals surface area (Å²) in [4.78, 5) is 0. The van der Waals surface area contributed by atoms with E-state index in [1.165, 1.54) is 12.1 Å². The molecule has 0 unspecified atom stereocenters. The standard InChI is InChI=1S/C33H31F3O2/c1-3-5-21-38-28-17-19-29(31(34)22-28)24-9-6-23(7-10-24)8-11-26-14-18-30(33(36)32(26)35)25-12-15-27(16-13-25)37-20-4-2/h6-19,22H,3-5,20-21H2,1-2H3/b11-8+. The predicted octanol–water partition coefficient (Wildman–Crippen LogP) is 9.58. The molecule has 0 saturated carbocycles. The molecule has 5 heteroatoms. The minimum absolute atomic E-state index is 0.142. The largest absolute Gasteiger partial charge is 0.494 e. The highest BCUT2D eigenvalue weighted by atomic mass is 19.2. The molecule has 4 rings (SSSR count). The Morgan fingerprint density at radius 1 is 0.605 bits per heavy atom. The summed E-state index contributed by atoms with van der Waals surface area (Å²) in [6.07, 6.45) is 6.05. The van der Waals surface area contributed by atoms with Crippen molar-refractivity contribution in [2.24, 2.45) is 0 Å². The first-order chi connectivity index (χ1) is 18.5. The molecule has 0 bridgehead atoms. The summed E-state index contributed by atoms with van der Waals surface area (Å²) in [6.45, 7) is 5.25. The lowest BCUT2D eigenvalue weighted by Crippen LogP contribution is -1.97. The molecule has 0 amide bonds. The third-order valence-corrected chi connectivity index (χ3v) is 6.13. The zero-order valence-corrected chi connectivity index (χ0v) is 21.6. The Morgan fingerprint density at radius 3 is 1.92 bits per heavy atom. The highest BCUT2D eigenvalue weighted by Crippen LogP contribution is 2.30. The first-order valence-corrected chi connectivity index (χ1v) is 12.9. The number of hydrogen-bond acceptors (Lipinski definition) is 2. The molecule has 0 radical (unpaired) electrons. The van der Waals surface area contributed by atoms with Crippen molar-refractivity contribution in [1.29, 1.82) is 0 Å². The molecule has 0 spiro atoms. The van der Waals surface area contributed by atoms with Crippen LogP contribution in [0.4, 0.5) is 13.2 Å². The van der Waals surface area contributed by atoms with Gasteiger partial charge in [0.25, 0.3) is 0 Å². The second-order valence-electron chi connectivity index (χ2n) is 9.00. The lowest BCUT2D eigenvalue weighted by Gasteiger charge is -2.09. The molecule has 0 atom stereocenters. The Balaban J connectivity index is 1.46. The van der Waals surface area contributed by atoms with Crippen LogP contribution < -0.4 is 9.47 Å². The topological polar surface area (TPSA) is 18.5 Å². The molecule has 0 saturated heterocycles. The van der Waals surface area contributed by atoms with Crippen LogP contribution in [0.25, 0.3) is 34.4 Å². The van der Waals surface area contributed by atoms with E-state index >= 15 is 0 Å². The summed E-state index contributed by atoms with van der Waals surface area (Å²) in [5.74, 6) is -0.967. The van der Waals surface area contributed by atoms with Crippen molar-refractivity contribution in [3.63, 3.8) is 0 Å². The van der Waals surface area contributed by atoms with Crippen molar-refractivity contribution in [3.05, 3.63) is 107 Å². The van der Waals surface area contributed by atoms with Gasteiger partial charge in [-0.3, -0.25) is 0 Å². The third-order valence-electron chi connectivity index (χ3n) is 6.13. The zero-order chi connectivity index (χ0) is 26.9. The first kappa shape index (κ1) is 27.1. The van der Waals surface area contributed by atoms with Gasteiger partial charge in [0.1, 0.15) is 17.3 Å². The van der Waals surface area contributed by atoms with Crippen molar-refractivity contribution < 1.29 is 22.6 Å². The Kier molecular flexibility index (Phi) is 9.26. The van der Waals surface area contributed by atoms with Crippen molar-refractivity contribution in [2.45, 2.75) is 33.1 Å². The fourth-order valence-electron chi connectivity index (χ4n) is 3.98. The second kappa shape index (κ2) is 13.0. The normalized spacial score (nSPS) is 11.2. The quantitative estimate of drug-likeness (QED) is 0.146. The van der Waals surface area contributed by atoms with Crippen LogP contribution in [0.15, 0.2) is 78.9 Å². The van der Waals surface area contributed by atoms with Crippen LogP contribution in [0.2, 0.25) is 0 Å². The van der Waals surface area contributed by atoms with Crippen molar-refractivity contribution in [2.75, 3.05) is 13.2 Å². The van der Waals surface area contributed by atoms with Gasteiger partial charge in [-0.25, -0.2) is 13.2 Å². The molecular weight excluding hydrogens is 485 g/mol. The maximum absolute atomic E-state index is 14.9. The van der Waals surface area contributed by atoms with E-state index in [4.69, 9.17) is 9.47 Å². The summed E-state index contributed by atoms with van der Waals surface area (Å²) in [5, 5.41) is 0. The van der Waals surface area contributed by atoms with Gasteiger partial charge in [0.15, 0.2) is 11.6 Å². The lowest BCUT2D eigenvalue weighted by atomic mass is 10.0. The molecule has 0 aliphatic heterocycles. The number of rotatable bonds is 11. The molecule has 196 valence electrons. The van der Waals surface area contributed by atoms with Crippen molar-refractivity contribution >= 4 is 12.2 Å². The van der Waals surface area contributed by atoms with E-state index in [9.17, 15) is 13.2 Å². The average Bonchev–Trinajstić information content (AvgIpc) is 2.94. The molecule has 0 heterocycles.